The highest BCUT2D eigenvalue weighted by molar-refractivity contribution is 5.95. The fourth-order valence-corrected chi connectivity index (χ4v) is 4.35. The largest absolute Gasteiger partial charge is 0.352 e. The first kappa shape index (κ1) is 18.6. The maximum absolute atomic E-state index is 12.6. The third-order valence-electron chi connectivity index (χ3n) is 5.62. The Hall–Kier alpha value is -2.14. The Morgan fingerprint density at radius 1 is 1.23 bits per heavy atom. The fourth-order valence-electron chi connectivity index (χ4n) is 4.35. The highest BCUT2D eigenvalue weighted by Gasteiger charge is 2.39. The summed E-state index contributed by atoms with van der Waals surface area (Å²) < 4.78 is 0. The summed E-state index contributed by atoms with van der Waals surface area (Å²) in [7, 11) is 0. The Labute approximate surface area is 155 Å². The van der Waals surface area contributed by atoms with Crippen molar-refractivity contribution in [3.05, 3.63) is 48.0 Å². The van der Waals surface area contributed by atoms with Gasteiger partial charge in [0.25, 0.3) is 5.91 Å². The first-order valence-electron chi connectivity index (χ1n) is 9.58. The minimum Gasteiger partial charge on any atom is -0.352 e. The number of carbonyl (C=O) groups excluding carboxylic acids is 2. The Bertz CT molecular complexity index is 659. The van der Waals surface area contributed by atoms with Gasteiger partial charge in [0.1, 0.15) is 0 Å². The highest BCUT2D eigenvalue weighted by Crippen LogP contribution is 2.34. The molecule has 3 rings (SSSR count). The molecule has 0 radical (unpaired) electrons. The number of carbonyl (C=O) groups is 2. The summed E-state index contributed by atoms with van der Waals surface area (Å²) in [5.74, 6) is 0.0764. The topological polar surface area (TPSA) is 61.4 Å². The van der Waals surface area contributed by atoms with Gasteiger partial charge in [0.15, 0.2) is 0 Å². The lowest BCUT2D eigenvalue weighted by Crippen LogP contribution is -2.58. The number of fused-ring (bicyclic) bond motifs is 2. The van der Waals surface area contributed by atoms with Crippen LogP contribution in [0.25, 0.3) is 0 Å². The molecule has 2 amide bonds. The molecule has 1 aromatic rings. The second kappa shape index (κ2) is 8.49. The molecule has 2 heterocycles. The van der Waals surface area contributed by atoms with Gasteiger partial charge in [-0.1, -0.05) is 30.7 Å². The van der Waals surface area contributed by atoms with E-state index in [4.69, 9.17) is 0 Å². The molecule has 26 heavy (non-hydrogen) atoms. The first-order chi connectivity index (χ1) is 12.6. The van der Waals surface area contributed by atoms with Crippen LogP contribution in [0, 0.1) is 6.92 Å². The number of benzene rings is 1. The number of rotatable bonds is 6. The molecular formula is C21H29N3O2. The van der Waals surface area contributed by atoms with E-state index in [1.807, 2.05) is 31.2 Å². The van der Waals surface area contributed by atoms with Gasteiger partial charge in [0, 0.05) is 30.2 Å². The van der Waals surface area contributed by atoms with Crippen LogP contribution >= 0.6 is 0 Å². The zero-order chi connectivity index (χ0) is 18.5. The Kier molecular flexibility index (Phi) is 6.09. The summed E-state index contributed by atoms with van der Waals surface area (Å²) in [6.45, 7) is 6.56. The van der Waals surface area contributed by atoms with Gasteiger partial charge in [-0.2, -0.15) is 0 Å². The van der Waals surface area contributed by atoms with Gasteiger partial charge in [0.2, 0.25) is 5.91 Å². The van der Waals surface area contributed by atoms with Crippen LogP contribution in [0.3, 0.4) is 0 Å². The van der Waals surface area contributed by atoms with E-state index >= 15 is 0 Å². The maximum atomic E-state index is 12.6. The van der Waals surface area contributed by atoms with Gasteiger partial charge < -0.3 is 10.6 Å². The molecule has 140 valence electrons. The van der Waals surface area contributed by atoms with E-state index in [9.17, 15) is 9.59 Å². The van der Waals surface area contributed by atoms with E-state index in [-0.39, 0.29) is 17.9 Å². The molecule has 2 bridgehead atoms. The molecular weight excluding hydrogens is 326 g/mol. The van der Waals surface area contributed by atoms with E-state index in [1.54, 1.807) is 6.08 Å². The third kappa shape index (κ3) is 4.33. The van der Waals surface area contributed by atoms with Crippen LogP contribution in [-0.4, -0.2) is 47.9 Å². The predicted octanol–water partition coefficient (Wildman–Crippen LogP) is 2.41. The minimum atomic E-state index is 0.0170. The lowest BCUT2D eigenvalue weighted by molar-refractivity contribution is -0.125. The van der Waals surface area contributed by atoms with Crippen molar-refractivity contribution in [2.45, 2.75) is 57.2 Å². The van der Waals surface area contributed by atoms with Crippen molar-refractivity contribution in [3.8, 4) is 0 Å². The molecule has 5 heteroatoms. The van der Waals surface area contributed by atoms with Crippen LogP contribution in [0.15, 0.2) is 36.9 Å². The molecule has 2 fully saturated rings. The van der Waals surface area contributed by atoms with Gasteiger partial charge in [-0.3, -0.25) is 14.5 Å². The Morgan fingerprint density at radius 2 is 1.92 bits per heavy atom. The molecule has 0 aliphatic carbocycles. The highest BCUT2D eigenvalue weighted by atomic mass is 16.2. The van der Waals surface area contributed by atoms with Crippen molar-refractivity contribution in [2.24, 2.45) is 0 Å². The quantitative estimate of drug-likeness (QED) is 0.771. The van der Waals surface area contributed by atoms with Crippen LogP contribution in [0.4, 0.5) is 0 Å². The molecule has 2 aliphatic heterocycles. The monoisotopic (exact) mass is 355 g/mol. The van der Waals surface area contributed by atoms with E-state index in [1.165, 1.54) is 6.42 Å². The third-order valence-corrected chi connectivity index (χ3v) is 5.62. The van der Waals surface area contributed by atoms with Crippen molar-refractivity contribution in [1.29, 1.82) is 0 Å². The number of aryl methyl sites for hydroxylation is 1. The number of nitrogens with zero attached hydrogens (tertiary/aromatic N) is 1. The zero-order valence-electron chi connectivity index (χ0n) is 15.5. The predicted molar refractivity (Wildman–Crippen MR) is 103 cm³/mol. The zero-order valence-corrected chi connectivity index (χ0v) is 15.5. The van der Waals surface area contributed by atoms with Gasteiger partial charge in [-0.25, -0.2) is 0 Å². The Morgan fingerprint density at radius 3 is 2.58 bits per heavy atom. The number of amides is 2. The van der Waals surface area contributed by atoms with E-state index in [2.05, 4.69) is 22.1 Å². The molecule has 2 saturated heterocycles. The Balaban J connectivity index is 1.60. The molecule has 0 saturated carbocycles. The van der Waals surface area contributed by atoms with Crippen LogP contribution in [0.1, 0.15) is 48.0 Å². The fraction of sp³-hybridized carbons (Fsp3) is 0.524. The van der Waals surface area contributed by atoms with Crippen molar-refractivity contribution in [1.82, 2.24) is 15.5 Å². The molecule has 5 nitrogen and oxygen atoms in total. The molecule has 3 atom stereocenters. The smallest absolute Gasteiger partial charge is 0.251 e. The molecule has 1 unspecified atom stereocenters. The summed E-state index contributed by atoms with van der Waals surface area (Å²) in [6, 6.07) is 8.63. The number of hydrogen-bond donors (Lipinski definition) is 2. The van der Waals surface area contributed by atoms with Crippen molar-refractivity contribution in [3.63, 3.8) is 0 Å². The van der Waals surface area contributed by atoms with Crippen molar-refractivity contribution < 1.29 is 9.59 Å². The van der Waals surface area contributed by atoms with E-state index in [0.29, 0.717) is 25.2 Å². The average Bonchev–Trinajstić information content (AvgIpc) is 2.61. The molecule has 0 aromatic heterocycles. The van der Waals surface area contributed by atoms with Crippen LogP contribution in [0.2, 0.25) is 0 Å². The van der Waals surface area contributed by atoms with Crippen molar-refractivity contribution in [2.75, 3.05) is 13.1 Å². The standard InChI is InChI=1S/C21H29N3O2/c1-3-11-22-20(25)14-24-17-8-6-9-18(24)13-16(12-17)23-21(26)19-10-5-4-7-15(19)2/h3-5,7,10,16-18H,1,6,8-9,11-14H2,2H3,(H,22,25)(H,23,26)/t16?,17-,18+. The van der Waals surface area contributed by atoms with Gasteiger partial charge >= 0.3 is 0 Å². The second-order valence-corrected chi connectivity index (χ2v) is 7.46. The minimum absolute atomic E-state index is 0.0170. The molecule has 2 N–H and O–H groups in total. The van der Waals surface area contributed by atoms with Crippen LogP contribution in [-0.2, 0) is 4.79 Å². The van der Waals surface area contributed by atoms with Gasteiger partial charge in [-0.05, 0) is 44.2 Å². The lowest BCUT2D eigenvalue weighted by Gasteiger charge is -2.48. The lowest BCUT2D eigenvalue weighted by atomic mass is 9.81. The summed E-state index contributed by atoms with van der Waals surface area (Å²) in [5.41, 5.74) is 1.76. The number of hydrogen-bond acceptors (Lipinski definition) is 3. The van der Waals surface area contributed by atoms with E-state index in [0.717, 1.165) is 36.8 Å². The summed E-state index contributed by atoms with van der Waals surface area (Å²) in [4.78, 5) is 27.1. The van der Waals surface area contributed by atoms with Crippen LogP contribution < -0.4 is 10.6 Å². The molecule has 0 spiro atoms. The second-order valence-electron chi connectivity index (χ2n) is 7.46. The van der Waals surface area contributed by atoms with Gasteiger partial charge in [-0.15, -0.1) is 6.58 Å². The SMILES string of the molecule is C=CCNC(=O)CN1[C@@H]2CCC[C@H]1CC(NC(=O)c1ccccc1C)C2. The first-order valence-corrected chi connectivity index (χ1v) is 9.58. The summed E-state index contributed by atoms with van der Waals surface area (Å²) in [6.07, 6.45) is 6.94. The van der Waals surface area contributed by atoms with Gasteiger partial charge in [0.05, 0.1) is 6.54 Å². The van der Waals surface area contributed by atoms with E-state index < -0.39 is 0 Å². The maximum Gasteiger partial charge on any atom is 0.251 e. The normalized spacial score (nSPS) is 25.3. The van der Waals surface area contributed by atoms with Crippen molar-refractivity contribution >= 4 is 11.8 Å². The average molecular weight is 355 g/mol. The van der Waals surface area contributed by atoms with Crippen LogP contribution in [0.5, 0.6) is 0 Å². The number of nitrogens with one attached hydrogen (secondary N) is 2. The summed E-state index contributed by atoms with van der Waals surface area (Å²) >= 11 is 0. The molecule has 1 aromatic carbocycles. The summed E-state index contributed by atoms with van der Waals surface area (Å²) in [5, 5.41) is 6.11. The number of piperidine rings is 2. The molecule has 2 aliphatic rings.